The van der Waals surface area contributed by atoms with Crippen LogP contribution < -0.4 is 4.74 Å². The average Bonchev–Trinajstić information content (AvgIpc) is 2.74. The van der Waals surface area contributed by atoms with Gasteiger partial charge < -0.3 is 9.64 Å². The van der Waals surface area contributed by atoms with E-state index in [0.29, 0.717) is 6.54 Å². The first-order valence-electron chi connectivity index (χ1n) is 9.83. The zero-order valence-corrected chi connectivity index (χ0v) is 16.2. The summed E-state index contributed by atoms with van der Waals surface area (Å²) in [6.07, 6.45) is 6.21. The molecule has 0 saturated heterocycles. The molecule has 2 aromatic carbocycles. The van der Waals surface area contributed by atoms with Gasteiger partial charge in [0, 0.05) is 13.1 Å². The van der Waals surface area contributed by atoms with Gasteiger partial charge in [0.15, 0.2) is 0 Å². The Morgan fingerprint density at radius 3 is 2.56 bits per heavy atom. The molecule has 1 amide bonds. The van der Waals surface area contributed by atoms with Gasteiger partial charge in [-0.05, 0) is 67.0 Å². The molecule has 1 heterocycles. The minimum absolute atomic E-state index is 0.277. The van der Waals surface area contributed by atoms with Crippen molar-refractivity contribution in [3.05, 3.63) is 71.3 Å². The lowest BCUT2D eigenvalue weighted by Gasteiger charge is -2.39. The van der Waals surface area contributed by atoms with Crippen LogP contribution in [-0.4, -0.2) is 31.0 Å². The van der Waals surface area contributed by atoms with E-state index < -0.39 is 0 Å². The van der Waals surface area contributed by atoms with E-state index in [4.69, 9.17) is 4.74 Å². The van der Waals surface area contributed by atoms with Gasteiger partial charge in [0.25, 0.3) is 0 Å². The van der Waals surface area contributed by atoms with Crippen LogP contribution in [0.15, 0.2) is 54.6 Å². The fraction of sp³-hybridized carbons (Fsp3) is 0.375. The van der Waals surface area contributed by atoms with Crippen LogP contribution in [0.5, 0.6) is 5.75 Å². The number of carbonyl (C=O) groups is 1. The highest BCUT2D eigenvalue weighted by Gasteiger charge is 2.41. The van der Waals surface area contributed by atoms with Crippen molar-refractivity contribution < 1.29 is 9.53 Å². The first-order valence-corrected chi connectivity index (χ1v) is 9.83. The zero-order valence-electron chi connectivity index (χ0n) is 16.2. The number of methoxy groups -OCH3 is 1. The first-order chi connectivity index (χ1) is 13.1. The van der Waals surface area contributed by atoms with Crippen molar-refractivity contribution in [1.29, 1.82) is 0 Å². The quantitative estimate of drug-likeness (QED) is 0.799. The van der Waals surface area contributed by atoms with Crippen LogP contribution in [0.4, 0.5) is 0 Å². The summed E-state index contributed by atoms with van der Waals surface area (Å²) < 4.78 is 5.24. The second-order valence-corrected chi connectivity index (χ2v) is 7.80. The van der Waals surface area contributed by atoms with Crippen molar-refractivity contribution in [3.63, 3.8) is 0 Å². The third-order valence-corrected chi connectivity index (χ3v) is 6.16. The van der Waals surface area contributed by atoms with Crippen molar-refractivity contribution >= 4 is 11.5 Å². The topological polar surface area (TPSA) is 29.5 Å². The van der Waals surface area contributed by atoms with Gasteiger partial charge in [-0.2, -0.15) is 0 Å². The zero-order chi connectivity index (χ0) is 18.9. The average molecular weight is 361 g/mol. The van der Waals surface area contributed by atoms with E-state index in [1.165, 1.54) is 22.3 Å². The highest BCUT2D eigenvalue weighted by atomic mass is 16.5. The van der Waals surface area contributed by atoms with Crippen LogP contribution in [-0.2, 0) is 16.6 Å². The van der Waals surface area contributed by atoms with Crippen LogP contribution in [0.25, 0.3) is 5.57 Å². The molecule has 0 N–H and O–H groups in total. The molecule has 27 heavy (non-hydrogen) atoms. The molecule has 2 aliphatic rings. The van der Waals surface area contributed by atoms with E-state index in [1.807, 2.05) is 17.0 Å². The van der Waals surface area contributed by atoms with Gasteiger partial charge in [-0.15, -0.1) is 0 Å². The Kier molecular flexibility index (Phi) is 4.77. The van der Waals surface area contributed by atoms with Gasteiger partial charge in [0.2, 0.25) is 5.91 Å². The summed E-state index contributed by atoms with van der Waals surface area (Å²) in [5, 5.41) is 0. The molecule has 140 valence electrons. The maximum Gasteiger partial charge on any atom is 0.233 e. The molecule has 1 atom stereocenters. The van der Waals surface area contributed by atoms with Crippen molar-refractivity contribution in [2.45, 2.75) is 38.0 Å². The maximum atomic E-state index is 13.4. The number of aryl methyl sites for hydroxylation is 1. The number of nitrogens with zero attached hydrogens (tertiary/aromatic N) is 1. The van der Waals surface area contributed by atoms with Crippen molar-refractivity contribution in [2.24, 2.45) is 0 Å². The van der Waals surface area contributed by atoms with Crippen LogP contribution >= 0.6 is 0 Å². The minimum atomic E-state index is -0.389. The standard InChI is InChI=1S/C24H27NO2/c1-24(15-5-7-20-6-3-4-8-22(20)24)23(26)25-16-13-19(14-17-25)18-9-11-21(27-2)12-10-18/h3-4,6,8-13H,5,7,14-17H2,1-2H3. The molecule has 1 aliphatic heterocycles. The lowest BCUT2D eigenvalue weighted by atomic mass is 9.70. The van der Waals surface area contributed by atoms with Gasteiger partial charge in [-0.25, -0.2) is 0 Å². The van der Waals surface area contributed by atoms with Crippen molar-refractivity contribution in [3.8, 4) is 5.75 Å². The SMILES string of the molecule is COc1ccc(C2=CCN(C(=O)C3(C)CCCc4ccccc43)CC2)cc1. The van der Waals surface area contributed by atoms with Crippen LogP contribution in [0.1, 0.15) is 42.9 Å². The molecule has 0 spiro atoms. The second-order valence-electron chi connectivity index (χ2n) is 7.80. The summed E-state index contributed by atoms with van der Waals surface area (Å²) in [7, 11) is 1.68. The molecule has 3 heteroatoms. The second kappa shape index (κ2) is 7.22. The highest BCUT2D eigenvalue weighted by molar-refractivity contribution is 5.89. The third kappa shape index (κ3) is 3.27. The summed E-state index contributed by atoms with van der Waals surface area (Å²) in [5.41, 5.74) is 4.71. The lowest BCUT2D eigenvalue weighted by molar-refractivity contribution is -0.137. The number of hydrogen-bond donors (Lipinski definition) is 0. The monoisotopic (exact) mass is 361 g/mol. The number of fused-ring (bicyclic) bond motifs is 1. The first kappa shape index (κ1) is 17.8. The lowest BCUT2D eigenvalue weighted by Crippen LogP contribution is -2.48. The Morgan fingerprint density at radius 1 is 1.07 bits per heavy atom. The molecule has 1 unspecified atom stereocenters. The fourth-order valence-electron chi connectivity index (χ4n) is 4.54. The van der Waals surface area contributed by atoms with Crippen molar-refractivity contribution in [1.82, 2.24) is 4.90 Å². The predicted octanol–water partition coefficient (Wildman–Crippen LogP) is 4.61. The van der Waals surface area contributed by atoms with Gasteiger partial charge >= 0.3 is 0 Å². The van der Waals surface area contributed by atoms with E-state index >= 15 is 0 Å². The summed E-state index contributed by atoms with van der Waals surface area (Å²) in [5.74, 6) is 1.15. The fourth-order valence-corrected chi connectivity index (χ4v) is 4.54. The van der Waals surface area contributed by atoms with E-state index in [1.54, 1.807) is 7.11 Å². The molecule has 0 saturated carbocycles. The Morgan fingerprint density at radius 2 is 1.85 bits per heavy atom. The Hall–Kier alpha value is -2.55. The smallest absolute Gasteiger partial charge is 0.233 e. The Balaban J connectivity index is 1.52. The normalized spacial score (nSPS) is 22.0. The number of carbonyl (C=O) groups excluding carboxylic acids is 1. The van der Waals surface area contributed by atoms with Crippen molar-refractivity contribution in [2.75, 3.05) is 20.2 Å². The van der Waals surface area contributed by atoms with E-state index in [2.05, 4.69) is 49.4 Å². The molecule has 0 radical (unpaired) electrons. The number of amides is 1. The predicted molar refractivity (Wildman–Crippen MR) is 109 cm³/mol. The van der Waals surface area contributed by atoms with Gasteiger partial charge in [0.1, 0.15) is 5.75 Å². The summed E-state index contributed by atoms with van der Waals surface area (Å²) in [4.78, 5) is 15.5. The Labute approximate surface area is 161 Å². The van der Waals surface area contributed by atoms with Gasteiger partial charge in [-0.1, -0.05) is 42.5 Å². The van der Waals surface area contributed by atoms with Crippen LogP contribution in [0.2, 0.25) is 0 Å². The van der Waals surface area contributed by atoms with E-state index in [9.17, 15) is 4.79 Å². The van der Waals surface area contributed by atoms with E-state index in [0.717, 1.165) is 38.0 Å². The number of ether oxygens (including phenoxy) is 1. The molecule has 3 nitrogen and oxygen atoms in total. The van der Waals surface area contributed by atoms with Gasteiger partial charge in [-0.3, -0.25) is 4.79 Å². The molecule has 0 fully saturated rings. The molecule has 1 aliphatic carbocycles. The number of benzene rings is 2. The molecular weight excluding hydrogens is 334 g/mol. The summed E-state index contributed by atoms with van der Waals surface area (Å²) in [6, 6.07) is 16.7. The molecule has 4 rings (SSSR count). The number of hydrogen-bond acceptors (Lipinski definition) is 2. The molecule has 0 bridgehead atoms. The van der Waals surface area contributed by atoms with E-state index in [-0.39, 0.29) is 11.3 Å². The Bertz CT molecular complexity index is 868. The third-order valence-electron chi connectivity index (χ3n) is 6.16. The largest absolute Gasteiger partial charge is 0.497 e. The summed E-state index contributed by atoms with van der Waals surface area (Å²) >= 11 is 0. The molecular formula is C24H27NO2. The minimum Gasteiger partial charge on any atom is -0.497 e. The molecule has 0 aromatic heterocycles. The maximum absolute atomic E-state index is 13.4. The van der Waals surface area contributed by atoms with Crippen LogP contribution in [0, 0.1) is 0 Å². The number of rotatable bonds is 3. The highest BCUT2D eigenvalue weighted by Crippen LogP contribution is 2.39. The van der Waals surface area contributed by atoms with Gasteiger partial charge in [0.05, 0.1) is 12.5 Å². The summed E-state index contributed by atoms with van der Waals surface area (Å²) in [6.45, 7) is 3.61. The van der Waals surface area contributed by atoms with Crippen LogP contribution in [0.3, 0.4) is 0 Å². The molecule has 2 aromatic rings.